The van der Waals surface area contributed by atoms with Crippen LogP contribution in [0.15, 0.2) is 46.3 Å². The van der Waals surface area contributed by atoms with Crippen LogP contribution in [0.25, 0.3) is 6.08 Å². The summed E-state index contributed by atoms with van der Waals surface area (Å²) in [6.45, 7) is 2.13. The Bertz CT molecular complexity index is 960. The summed E-state index contributed by atoms with van der Waals surface area (Å²) in [5.41, 5.74) is 0.614. The average molecular weight is 390 g/mol. The van der Waals surface area contributed by atoms with Gasteiger partial charge in [0.2, 0.25) is 0 Å². The molecule has 0 bridgehead atoms. The van der Waals surface area contributed by atoms with Gasteiger partial charge in [-0.25, -0.2) is 13.8 Å². The second-order valence-corrected chi connectivity index (χ2v) is 6.59. The maximum absolute atomic E-state index is 13.9. The van der Waals surface area contributed by atoms with Crippen LogP contribution in [-0.4, -0.2) is 34.7 Å². The number of carbonyl (C=O) groups is 1. The van der Waals surface area contributed by atoms with Crippen molar-refractivity contribution >= 4 is 34.6 Å². The zero-order valence-electron chi connectivity index (χ0n) is 14.6. The number of amides is 1. The minimum Gasteiger partial charge on any atom is -0.504 e. The number of likely N-dealkylation sites (N-methyl/N-ethyl adjacent to an activating group) is 1. The number of aliphatic imine (C=N–C) groups is 1. The van der Waals surface area contributed by atoms with Gasteiger partial charge in [0.15, 0.2) is 22.5 Å². The molecule has 0 unspecified atom stereocenters. The van der Waals surface area contributed by atoms with E-state index in [2.05, 4.69) is 4.99 Å². The lowest BCUT2D eigenvalue weighted by Gasteiger charge is -2.12. The fourth-order valence-electron chi connectivity index (χ4n) is 2.48. The first kappa shape index (κ1) is 18.9. The van der Waals surface area contributed by atoms with Crippen molar-refractivity contribution in [1.82, 2.24) is 4.90 Å². The Morgan fingerprint density at radius 1 is 1.26 bits per heavy atom. The lowest BCUT2D eigenvalue weighted by atomic mass is 10.2. The van der Waals surface area contributed by atoms with Crippen molar-refractivity contribution in [2.75, 3.05) is 13.7 Å². The summed E-state index contributed by atoms with van der Waals surface area (Å²) < 4.78 is 32.0. The number of benzene rings is 2. The molecule has 1 amide bonds. The highest BCUT2D eigenvalue weighted by Gasteiger charge is 2.32. The largest absolute Gasteiger partial charge is 0.504 e. The number of aromatic hydroxyl groups is 1. The van der Waals surface area contributed by atoms with Crippen LogP contribution in [0, 0.1) is 11.6 Å². The summed E-state index contributed by atoms with van der Waals surface area (Å²) in [6, 6.07) is 7.79. The number of ether oxygens (including phenoxy) is 1. The Labute approximate surface area is 159 Å². The fraction of sp³-hybridized carbons (Fsp3) is 0.158. The van der Waals surface area contributed by atoms with Crippen molar-refractivity contribution in [3.05, 3.63) is 58.5 Å². The highest BCUT2D eigenvalue weighted by Crippen LogP contribution is 2.35. The first-order valence-electron chi connectivity index (χ1n) is 8.05. The van der Waals surface area contributed by atoms with E-state index in [0.717, 1.165) is 23.9 Å². The molecule has 27 heavy (non-hydrogen) atoms. The molecular weight excluding hydrogens is 374 g/mol. The van der Waals surface area contributed by atoms with Gasteiger partial charge in [0.1, 0.15) is 11.5 Å². The lowest BCUT2D eigenvalue weighted by molar-refractivity contribution is -0.122. The Balaban J connectivity index is 1.96. The Kier molecular flexibility index (Phi) is 5.46. The Morgan fingerprint density at radius 3 is 2.70 bits per heavy atom. The quantitative estimate of drug-likeness (QED) is 0.791. The van der Waals surface area contributed by atoms with E-state index < -0.39 is 11.6 Å². The van der Waals surface area contributed by atoms with Crippen molar-refractivity contribution in [3.8, 4) is 11.5 Å². The molecule has 0 aromatic heterocycles. The van der Waals surface area contributed by atoms with Crippen LogP contribution in [0.4, 0.5) is 14.5 Å². The van der Waals surface area contributed by atoms with E-state index >= 15 is 0 Å². The molecule has 0 atom stereocenters. The van der Waals surface area contributed by atoms with Gasteiger partial charge in [-0.15, -0.1) is 0 Å². The molecular formula is C19H16F2N2O3S. The van der Waals surface area contributed by atoms with Crippen molar-refractivity contribution in [3.63, 3.8) is 0 Å². The Hall–Kier alpha value is -2.87. The monoisotopic (exact) mass is 390 g/mol. The van der Waals surface area contributed by atoms with Gasteiger partial charge in [-0.1, -0.05) is 6.07 Å². The fourth-order valence-corrected chi connectivity index (χ4v) is 3.54. The molecule has 8 heteroatoms. The van der Waals surface area contributed by atoms with E-state index in [4.69, 9.17) is 4.74 Å². The van der Waals surface area contributed by atoms with E-state index in [0.29, 0.717) is 22.2 Å². The molecule has 1 fully saturated rings. The van der Waals surface area contributed by atoms with E-state index in [1.54, 1.807) is 25.1 Å². The summed E-state index contributed by atoms with van der Waals surface area (Å²) in [7, 11) is 1.43. The van der Waals surface area contributed by atoms with Crippen LogP contribution in [0.5, 0.6) is 11.5 Å². The number of hydrogen-bond acceptors (Lipinski definition) is 5. The molecule has 140 valence electrons. The predicted molar refractivity (Wildman–Crippen MR) is 101 cm³/mol. The number of nitrogens with zero attached hydrogens (tertiary/aromatic N) is 2. The van der Waals surface area contributed by atoms with Gasteiger partial charge in [0.25, 0.3) is 5.91 Å². The molecule has 1 aliphatic heterocycles. The number of phenolic OH excluding ortho intramolecular Hbond substituents is 1. The minimum absolute atomic E-state index is 0.00530. The smallest absolute Gasteiger partial charge is 0.266 e. The van der Waals surface area contributed by atoms with E-state index in [9.17, 15) is 18.7 Å². The molecule has 5 nitrogen and oxygen atoms in total. The number of halogens is 2. The van der Waals surface area contributed by atoms with Gasteiger partial charge in [0, 0.05) is 12.6 Å². The molecule has 2 aromatic rings. The molecule has 1 N–H and O–H groups in total. The highest BCUT2D eigenvalue weighted by molar-refractivity contribution is 8.18. The second kappa shape index (κ2) is 7.79. The number of carbonyl (C=O) groups excluding carboxylic acids is 1. The van der Waals surface area contributed by atoms with Crippen LogP contribution in [0.2, 0.25) is 0 Å². The zero-order chi connectivity index (χ0) is 19.6. The molecule has 0 aliphatic carbocycles. The van der Waals surface area contributed by atoms with Crippen molar-refractivity contribution in [2.45, 2.75) is 6.92 Å². The summed E-state index contributed by atoms with van der Waals surface area (Å²) >= 11 is 1.10. The lowest BCUT2D eigenvalue weighted by Crippen LogP contribution is -2.28. The number of hydrogen-bond donors (Lipinski definition) is 1. The van der Waals surface area contributed by atoms with Crippen LogP contribution in [0.3, 0.4) is 0 Å². The standard InChI is InChI=1S/C19H16F2N2O3S/c1-3-23-18(25)17(9-11-4-7-15(24)16(8-11)26-2)27-19(23)22-14-6-5-12(20)10-13(14)21/h4-10,24H,3H2,1-2H3/b17-9+,22-19?. The predicted octanol–water partition coefficient (Wildman–Crippen LogP) is 4.30. The summed E-state index contributed by atoms with van der Waals surface area (Å²) in [4.78, 5) is 18.6. The number of phenols is 1. The first-order valence-corrected chi connectivity index (χ1v) is 8.86. The van der Waals surface area contributed by atoms with Crippen molar-refractivity contribution < 1.29 is 23.4 Å². The average Bonchev–Trinajstić information content (AvgIpc) is 2.93. The van der Waals surface area contributed by atoms with Gasteiger partial charge < -0.3 is 9.84 Å². The van der Waals surface area contributed by atoms with Gasteiger partial charge in [-0.05, 0) is 54.6 Å². The summed E-state index contributed by atoms with van der Waals surface area (Å²) in [5.74, 6) is -1.48. The SMILES string of the molecule is CCN1C(=O)/C(=C\c2ccc(O)c(OC)c2)SC1=Nc1ccc(F)cc1F. The normalized spacial score (nSPS) is 17.2. The molecule has 0 radical (unpaired) electrons. The molecule has 2 aromatic carbocycles. The first-order chi connectivity index (χ1) is 12.9. The van der Waals surface area contributed by atoms with Crippen LogP contribution < -0.4 is 4.74 Å². The Morgan fingerprint density at radius 2 is 2.04 bits per heavy atom. The minimum atomic E-state index is -0.799. The number of methoxy groups -OCH3 is 1. The van der Waals surface area contributed by atoms with Gasteiger partial charge in [-0.3, -0.25) is 9.69 Å². The third kappa shape index (κ3) is 3.95. The van der Waals surface area contributed by atoms with Crippen molar-refractivity contribution in [1.29, 1.82) is 0 Å². The number of thioether (sulfide) groups is 1. The van der Waals surface area contributed by atoms with E-state index in [1.807, 2.05) is 0 Å². The highest BCUT2D eigenvalue weighted by atomic mass is 32.2. The zero-order valence-corrected chi connectivity index (χ0v) is 15.4. The second-order valence-electron chi connectivity index (χ2n) is 5.58. The van der Waals surface area contributed by atoms with Gasteiger partial charge in [-0.2, -0.15) is 0 Å². The topological polar surface area (TPSA) is 62.1 Å². The summed E-state index contributed by atoms with van der Waals surface area (Å²) in [6.07, 6.45) is 1.64. The number of rotatable bonds is 4. The third-order valence-electron chi connectivity index (χ3n) is 3.83. The third-order valence-corrected chi connectivity index (χ3v) is 4.84. The van der Waals surface area contributed by atoms with E-state index in [1.165, 1.54) is 24.1 Å². The number of amidine groups is 1. The van der Waals surface area contributed by atoms with Crippen LogP contribution >= 0.6 is 11.8 Å². The molecule has 1 aliphatic rings. The van der Waals surface area contributed by atoms with Crippen molar-refractivity contribution in [2.24, 2.45) is 4.99 Å². The maximum Gasteiger partial charge on any atom is 0.266 e. The molecule has 1 saturated heterocycles. The van der Waals surface area contributed by atoms with E-state index in [-0.39, 0.29) is 23.1 Å². The van der Waals surface area contributed by atoms with Crippen LogP contribution in [0.1, 0.15) is 12.5 Å². The van der Waals surface area contributed by atoms with Crippen LogP contribution in [-0.2, 0) is 4.79 Å². The molecule has 0 saturated carbocycles. The maximum atomic E-state index is 13.9. The molecule has 1 heterocycles. The summed E-state index contributed by atoms with van der Waals surface area (Å²) in [5, 5.41) is 9.98. The van der Waals surface area contributed by atoms with Gasteiger partial charge >= 0.3 is 0 Å². The molecule has 0 spiro atoms. The molecule has 3 rings (SSSR count). The van der Waals surface area contributed by atoms with Gasteiger partial charge in [0.05, 0.1) is 12.0 Å².